The highest BCUT2D eigenvalue weighted by molar-refractivity contribution is 6.31. The van der Waals surface area contributed by atoms with Crippen molar-refractivity contribution in [2.24, 2.45) is 0 Å². The van der Waals surface area contributed by atoms with Crippen molar-refractivity contribution in [1.82, 2.24) is 5.32 Å². The minimum atomic E-state index is -0.407. The van der Waals surface area contributed by atoms with Gasteiger partial charge in [-0.1, -0.05) is 30.7 Å². The average Bonchev–Trinajstić information content (AvgIpc) is 2.36. The van der Waals surface area contributed by atoms with Crippen LogP contribution in [0.3, 0.4) is 0 Å². The van der Waals surface area contributed by atoms with Gasteiger partial charge in [-0.3, -0.25) is 0 Å². The molecule has 1 unspecified atom stereocenters. The summed E-state index contributed by atoms with van der Waals surface area (Å²) in [4.78, 5) is 0. The second-order valence-corrected chi connectivity index (χ2v) is 4.30. The van der Waals surface area contributed by atoms with Crippen LogP contribution in [0.5, 0.6) is 0 Å². The van der Waals surface area contributed by atoms with E-state index in [1.807, 2.05) is 6.92 Å². The van der Waals surface area contributed by atoms with Crippen molar-refractivity contribution in [3.63, 3.8) is 0 Å². The fourth-order valence-corrected chi connectivity index (χ4v) is 2.10. The van der Waals surface area contributed by atoms with Crippen LogP contribution in [0.1, 0.15) is 12.5 Å². The van der Waals surface area contributed by atoms with Gasteiger partial charge in [-0.05, 0) is 24.6 Å². The summed E-state index contributed by atoms with van der Waals surface area (Å²) in [7, 11) is 3.15. The van der Waals surface area contributed by atoms with Gasteiger partial charge in [0.25, 0.3) is 0 Å². The largest absolute Gasteiger partial charge is 0.354 e. The summed E-state index contributed by atoms with van der Waals surface area (Å²) in [5.41, 5.74) is 0.738. The molecule has 0 aliphatic rings. The van der Waals surface area contributed by atoms with Crippen LogP contribution in [-0.2, 0) is 15.9 Å². The number of rotatable bonds is 7. The SMILES string of the molecule is CCNC(Cc1cccc(F)c1Cl)C(OC)OC. The zero-order valence-corrected chi connectivity index (χ0v) is 11.6. The molecular formula is C13H19ClFNO2. The first kappa shape index (κ1) is 15.4. The molecule has 1 atom stereocenters. The van der Waals surface area contributed by atoms with Crippen molar-refractivity contribution >= 4 is 11.6 Å². The summed E-state index contributed by atoms with van der Waals surface area (Å²) in [5.74, 6) is -0.407. The molecule has 0 aliphatic heterocycles. The first-order valence-corrected chi connectivity index (χ1v) is 6.23. The van der Waals surface area contributed by atoms with Crippen LogP contribution in [0.25, 0.3) is 0 Å². The van der Waals surface area contributed by atoms with E-state index in [-0.39, 0.29) is 11.1 Å². The molecule has 0 radical (unpaired) electrons. The van der Waals surface area contributed by atoms with Gasteiger partial charge in [-0.2, -0.15) is 0 Å². The maximum Gasteiger partial charge on any atom is 0.172 e. The lowest BCUT2D eigenvalue weighted by molar-refractivity contribution is -0.122. The van der Waals surface area contributed by atoms with Crippen molar-refractivity contribution in [3.05, 3.63) is 34.6 Å². The molecule has 1 aromatic rings. The van der Waals surface area contributed by atoms with Crippen molar-refractivity contribution in [3.8, 4) is 0 Å². The van der Waals surface area contributed by atoms with E-state index in [4.69, 9.17) is 21.1 Å². The monoisotopic (exact) mass is 275 g/mol. The van der Waals surface area contributed by atoms with E-state index < -0.39 is 12.1 Å². The van der Waals surface area contributed by atoms with Gasteiger partial charge in [0.2, 0.25) is 0 Å². The van der Waals surface area contributed by atoms with E-state index in [0.717, 1.165) is 12.1 Å². The third kappa shape index (κ3) is 3.92. The Bertz CT molecular complexity index is 372. The lowest BCUT2D eigenvalue weighted by Crippen LogP contribution is -2.43. The lowest BCUT2D eigenvalue weighted by atomic mass is 10.0. The predicted molar refractivity (Wildman–Crippen MR) is 70.4 cm³/mol. The summed E-state index contributed by atoms with van der Waals surface area (Å²) < 4.78 is 23.8. The number of nitrogens with one attached hydrogen (secondary N) is 1. The van der Waals surface area contributed by atoms with Gasteiger partial charge in [-0.15, -0.1) is 0 Å². The number of methoxy groups -OCH3 is 2. The lowest BCUT2D eigenvalue weighted by Gasteiger charge is -2.25. The molecule has 0 saturated heterocycles. The van der Waals surface area contributed by atoms with Gasteiger partial charge >= 0.3 is 0 Å². The Morgan fingerprint density at radius 1 is 1.33 bits per heavy atom. The molecule has 0 bridgehead atoms. The van der Waals surface area contributed by atoms with Gasteiger partial charge in [-0.25, -0.2) is 4.39 Å². The highest BCUT2D eigenvalue weighted by Gasteiger charge is 2.21. The summed E-state index contributed by atoms with van der Waals surface area (Å²) in [6, 6.07) is 4.72. The van der Waals surface area contributed by atoms with E-state index in [9.17, 15) is 4.39 Å². The third-order valence-electron chi connectivity index (χ3n) is 2.73. The third-order valence-corrected chi connectivity index (χ3v) is 3.15. The van der Waals surface area contributed by atoms with Crippen LogP contribution >= 0.6 is 11.6 Å². The number of hydrogen-bond donors (Lipinski definition) is 1. The van der Waals surface area contributed by atoms with Crippen molar-refractivity contribution in [1.29, 1.82) is 0 Å². The Morgan fingerprint density at radius 3 is 2.56 bits per heavy atom. The van der Waals surface area contributed by atoms with Crippen LogP contribution in [0.2, 0.25) is 5.02 Å². The topological polar surface area (TPSA) is 30.5 Å². The van der Waals surface area contributed by atoms with Crippen molar-refractivity contribution in [2.75, 3.05) is 20.8 Å². The second-order valence-electron chi connectivity index (χ2n) is 3.92. The first-order chi connectivity index (χ1) is 8.63. The molecule has 0 fully saturated rings. The number of benzene rings is 1. The number of hydrogen-bond acceptors (Lipinski definition) is 3. The maximum atomic E-state index is 13.4. The molecule has 0 aromatic heterocycles. The molecule has 1 rings (SSSR count). The summed E-state index contributed by atoms with van der Waals surface area (Å²) in [6.07, 6.45) is 0.140. The van der Waals surface area contributed by atoms with E-state index in [2.05, 4.69) is 5.32 Å². The molecule has 102 valence electrons. The Morgan fingerprint density at radius 2 is 2.00 bits per heavy atom. The summed E-state index contributed by atoms with van der Waals surface area (Å²) in [6.45, 7) is 2.75. The molecule has 1 N–H and O–H groups in total. The molecule has 1 aromatic carbocycles. The zero-order chi connectivity index (χ0) is 13.5. The smallest absolute Gasteiger partial charge is 0.172 e. The van der Waals surface area contributed by atoms with Crippen molar-refractivity contribution < 1.29 is 13.9 Å². The quantitative estimate of drug-likeness (QED) is 0.776. The van der Waals surface area contributed by atoms with Crippen LogP contribution in [0.4, 0.5) is 4.39 Å². The highest BCUT2D eigenvalue weighted by atomic mass is 35.5. The van der Waals surface area contributed by atoms with Crippen LogP contribution in [0.15, 0.2) is 18.2 Å². The van der Waals surface area contributed by atoms with Crippen molar-refractivity contribution in [2.45, 2.75) is 25.7 Å². The van der Waals surface area contributed by atoms with Gasteiger partial charge in [0.15, 0.2) is 6.29 Å². The first-order valence-electron chi connectivity index (χ1n) is 5.85. The minimum absolute atomic E-state index is 0.0794. The molecule has 3 nitrogen and oxygen atoms in total. The van der Waals surface area contributed by atoms with Gasteiger partial charge in [0, 0.05) is 14.2 Å². The second kappa shape index (κ2) is 7.69. The Labute approximate surface area is 112 Å². The van der Waals surface area contributed by atoms with E-state index >= 15 is 0 Å². The number of likely N-dealkylation sites (N-methyl/N-ethyl adjacent to an activating group) is 1. The predicted octanol–water partition coefficient (Wildman–Crippen LogP) is 2.62. The number of ether oxygens (including phenoxy) is 2. The average molecular weight is 276 g/mol. The zero-order valence-electron chi connectivity index (χ0n) is 10.9. The molecule has 18 heavy (non-hydrogen) atoms. The van der Waals surface area contributed by atoms with Crippen LogP contribution in [-0.4, -0.2) is 33.1 Å². The molecule has 0 saturated carbocycles. The maximum absolute atomic E-state index is 13.4. The van der Waals surface area contributed by atoms with Gasteiger partial charge in [0.05, 0.1) is 11.1 Å². The van der Waals surface area contributed by atoms with E-state index in [0.29, 0.717) is 6.42 Å². The molecule has 0 heterocycles. The Kier molecular flexibility index (Phi) is 6.57. The minimum Gasteiger partial charge on any atom is -0.354 e. The Balaban J connectivity index is 2.85. The van der Waals surface area contributed by atoms with Crippen LogP contribution < -0.4 is 5.32 Å². The fraction of sp³-hybridized carbons (Fsp3) is 0.538. The summed E-state index contributed by atoms with van der Waals surface area (Å²) in [5, 5.41) is 3.41. The molecular weight excluding hydrogens is 257 g/mol. The van der Waals surface area contributed by atoms with E-state index in [1.54, 1.807) is 26.4 Å². The Hall–Kier alpha value is -0.680. The fourth-order valence-electron chi connectivity index (χ4n) is 1.89. The molecule has 0 amide bonds. The highest BCUT2D eigenvalue weighted by Crippen LogP contribution is 2.22. The van der Waals surface area contributed by atoms with Crippen LogP contribution in [0, 0.1) is 5.82 Å². The molecule has 0 aliphatic carbocycles. The van der Waals surface area contributed by atoms with Gasteiger partial charge in [0.1, 0.15) is 5.82 Å². The standard InChI is InChI=1S/C13H19ClFNO2/c1-4-16-11(13(17-2)18-3)8-9-6-5-7-10(15)12(9)14/h5-7,11,13,16H,4,8H2,1-3H3. The molecule has 5 heteroatoms. The number of halogens is 2. The van der Waals surface area contributed by atoms with Gasteiger partial charge < -0.3 is 14.8 Å². The summed E-state index contributed by atoms with van der Waals surface area (Å²) >= 11 is 5.94. The van der Waals surface area contributed by atoms with E-state index in [1.165, 1.54) is 6.07 Å². The molecule has 0 spiro atoms. The normalized spacial score (nSPS) is 13.0.